The number of fused-ring (bicyclic) bond motifs is 1. The van der Waals surface area contributed by atoms with Gasteiger partial charge in [-0.3, -0.25) is 0 Å². The molecule has 0 aliphatic carbocycles. The summed E-state index contributed by atoms with van der Waals surface area (Å²) < 4.78 is 5.56. The van der Waals surface area contributed by atoms with Crippen LogP contribution in [-0.2, 0) is 4.74 Å². The number of hydrogen-bond donors (Lipinski definition) is 1. The summed E-state index contributed by atoms with van der Waals surface area (Å²) in [7, 11) is 0. The van der Waals surface area contributed by atoms with Crippen LogP contribution in [0, 0.1) is 11.3 Å². The van der Waals surface area contributed by atoms with Crippen LogP contribution in [0.25, 0.3) is 10.9 Å². The smallest absolute Gasteiger partial charge is 0.147 e. The molecule has 5 nitrogen and oxygen atoms in total. The van der Waals surface area contributed by atoms with Crippen molar-refractivity contribution in [2.24, 2.45) is 5.73 Å². The molecule has 102 valence electrons. The Balaban J connectivity index is 2.03. The van der Waals surface area contributed by atoms with Gasteiger partial charge in [0, 0.05) is 25.0 Å². The highest BCUT2D eigenvalue weighted by Gasteiger charge is 2.22. The zero-order chi connectivity index (χ0) is 13.9. The quantitative estimate of drug-likeness (QED) is 0.887. The lowest BCUT2D eigenvalue weighted by Gasteiger charge is -2.33. The van der Waals surface area contributed by atoms with Crippen molar-refractivity contribution in [3.05, 3.63) is 35.9 Å². The van der Waals surface area contributed by atoms with Gasteiger partial charge < -0.3 is 15.4 Å². The molecule has 0 saturated carbocycles. The van der Waals surface area contributed by atoms with E-state index in [-0.39, 0.29) is 6.10 Å². The molecule has 3 rings (SSSR count). The van der Waals surface area contributed by atoms with Crippen LogP contribution < -0.4 is 10.6 Å². The van der Waals surface area contributed by atoms with Crippen molar-refractivity contribution in [1.82, 2.24) is 4.98 Å². The number of benzene rings is 1. The summed E-state index contributed by atoms with van der Waals surface area (Å²) in [6.07, 6.45) is 0.00330. The maximum Gasteiger partial charge on any atom is 0.147 e. The van der Waals surface area contributed by atoms with Crippen molar-refractivity contribution >= 4 is 16.7 Å². The number of ether oxygens (including phenoxy) is 1. The van der Waals surface area contributed by atoms with Crippen LogP contribution in [0.1, 0.15) is 5.56 Å². The van der Waals surface area contributed by atoms with Crippen molar-refractivity contribution in [2.75, 3.05) is 31.1 Å². The largest absolute Gasteiger partial charge is 0.373 e. The molecule has 2 N–H and O–H groups in total. The number of para-hydroxylation sites is 1. The molecule has 1 aromatic carbocycles. The van der Waals surface area contributed by atoms with Gasteiger partial charge in [-0.15, -0.1) is 0 Å². The van der Waals surface area contributed by atoms with Gasteiger partial charge in [0.1, 0.15) is 11.9 Å². The summed E-state index contributed by atoms with van der Waals surface area (Å²) in [6, 6.07) is 12.0. The summed E-state index contributed by atoms with van der Waals surface area (Å²) in [6.45, 7) is 2.50. The van der Waals surface area contributed by atoms with E-state index in [0.29, 0.717) is 25.3 Å². The normalized spacial score (nSPS) is 19.0. The average molecular weight is 268 g/mol. The Bertz CT molecular complexity index is 664. The van der Waals surface area contributed by atoms with Gasteiger partial charge in [0.25, 0.3) is 0 Å². The van der Waals surface area contributed by atoms with E-state index < -0.39 is 0 Å². The predicted molar refractivity (Wildman–Crippen MR) is 77.5 cm³/mol. The molecule has 1 atom stereocenters. The molecule has 1 aromatic heterocycles. The van der Waals surface area contributed by atoms with E-state index in [4.69, 9.17) is 10.5 Å². The van der Waals surface area contributed by atoms with Crippen LogP contribution in [0.4, 0.5) is 5.82 Å². The van der Waals surface area contributed by atoms with Crippen LogP contribution in [-0.4, -0.2) is 37.3 Å². The molecule has 1 aliphatic heterocycles. The lowest BCUT2D eigenvalue weighted by Crippen LogP contribution is -2.46. The van der Waals surface area contributed by atoms with Gasteiger partial charge in [-0.2, -0.15) is 5.26 Å². The van der Waals surface area contributed by atoms with Crippen molar-refractivity contribution < 1.29 is 4.74 Å². The molecule has 2 heterocycles. The Morgan fingerprint density at radius 1 is 1.45 bits per heavy atom. The highest BCUT2D eigenvalue weighted by molar-refractivity contribution is 5.83. The number of morpholine rings is 1. The summed E-state index contributed by atoms with van der Waals surface area (Å²) in [4.78, 5) is 6.73. The molecule has 2 aromatic rings. The SMILES string of the molecule is N#Cc1cc2ccccc2nc1N1CCOC(CN)C1. The Morgan fingerprint density at radius 3 is 3.10 bits per heavy atom. The Labute approximate surface area is 117 Å². The third kappa shape index (κ3) is 2.31. The maximum atomic E-state index is 9.36. The van der Waals surface area contributed by atoms with Crippen LogP contribution in [0.5, 0.6) is 0 Å². The number of nitrogens with two attached hydrogens (primary N) is 1. The van der Waals surface area contributed by atoms with Crippen LogP contribution in [0.2, 0.25) is 0 Å². The second-order valence-electron chi connectivity index (χ2n) is 4.84. The summed E-state index contributed by atoms with van der Waals surface area (Å²) in [5.41, 5.74) is 7.17. The highest BCUT2D eigenvalue weighted by atomic mass is 16.5. The van der Waals surface area contributed by atoms with Gasteiger partial charge in [-0.1, -0.05) is 18.2 Å². The van der Waals surface area contributed by atoms with Crippen molar-refractivity contribution in [3.63, 3.8) is 0 Å². The molecule has 0 amide bonds. The number of nitrogens with zero attached hydrogens (tertiary/aromatic N) is 3. The van der Waals surface area contributed by atoms with Gasteiger partial charge >= 0.3 is 0 Å². The summed E-state index contributed by atoms with van der Waals surface area (Å²) in [5.74, 6) is 0.730. The van der Waals surface area contributed by atoms with Crippen molar-refractivity contribution in [1.29, 1.82) is 5.26 Å². The first kappa shape index (κ1) is 12.9. The Hall–Kier alpha value is -2.16. The molecular weight excluding hydrogens is 252 g/mol. The summed E-state index contributed by atoms with van der Waals surface area (Å²) >= 11 is 0. The molecule has 1 fully saturated rings. The molecular formula is C15H16N4O. The number of rotatable bonds is 2. The monoisotopic (exact) mass is 268 g/mol. The molecule has 20 heavy (non-hydrogen) atoms. The molecule has 0 bridgehead atoms. The lowest BCUT2D eigenvalue weighted by atomic mass is 10.1. The van der Waals surface area contributed by atoms with E-state index in [0.717, 1.165) is 23.3 Å². The molecule has 0 radical (unpaired) electrons. The molecule has 1 saturated heterocycles. The predicted octanol–water partition coefficient (Wildman–Crippen LogP) is 1.27. The second-order valence-corrected chi connectivity index (χ2v) is 4.84. The fourth-order valence-electron chi connectivity index (χ4n) is 2.48. The van der Waals surface area contributed by atoms with Crippen molar-refractivity contribution in [3.8, 4) is 6.07 Å². The van der Waals surface area contributed by atoms with E-state index in [1.807, 2.05) is 30.3 Å². The fraction of sp³-hybridized carbons (Fsp3) is 0.333. The fourth-order valence-corrected chi connectivity index (χ4v) is 2.48. The van der Waals surface area contributed by atoms with E-state index in [1.165, 1.54) is 0 Å². The van der Waals surface area contributed by atoms with Crippen LogP contribution >= 0.6 is 0 Å². The minimum Gasteiger partial charge on any atom is -0.373 e. The minimum absolute atomic E-state index is 0.00330. The lowest BCUT2D eigenvalue weighted by molar-refractivity contribution is 0.0463. The minimum atomic E-state index is 0.00330. The Kier molecular flexibility index (Phi) is 3.50. The van der Waals surface area contributed by atoms with E-state index >= 15 is 0 Å². The zero-order valence-corrected chi connectivity index (χ0v) is 11.1. The highest BCUT2D eigenvalue weighted by Crippen LogP contribution is 2.24. The molecule has 5 heteroatoms. The Morgan fingerprint density at radius 2 is 2.30 bits per heavy atom. The maximum absolute atomic E-state index is 9.36. The van der Waals surface area contributed by atoms with Gasteiger partial charge in [-0.05, 0) is 12.1 Å². The van der Waals surface area contributed by atoms with Gasteiger partial charge in [-0.25, -0.2) is 4.98 Å². The number of anilines is 1. The third-order valence-electron chi connectivity index (χ3n) is 3.53. The average Bonchev–Trinajstić information content (AvgIpc) is 2.53. The molecule has 0 spiro atoms. The first-order valence-electron chi connectivity index (χ1n) is 6.68. The van der Waals surface area contributed by atoms with Crippen LogP contribution in [0.3, 0.4) is 0 Å². The van der Waals surface area contributed by atoms with Gasteiger partial charge in [0.15, 0.2) is 0 Å². The van der Waals surface area contributed by atoms with E-state index in [1.54, 1.807) is 0 Å². The number of nitriles is 1. The van der Waals surface area contributed by atoms with E-state index in [9.17, 15) is 5.26 Å². The first-order chi connectivity index (χ1) is 9.81. The number of hydrogen-bond acceptors (Lipinski definition) is 5. The standard InChI is InChI=1S/C15H16N4O/c16-8-12-7-11-3-1-2-4-14(11)18-15(12)19-5-6-20-13(9-17)10-19/h1-4,7,13H,5-6,9-10,17H2. The third-order valence-corrected chi connectivity index (χ3v) is 3.53. The summed E-state index contributed by atoms with van der Waals surface area (Å²) in [5, 5.41) is 10.3. The molecule has 1 aliphatic rings. The number of aromatic nitrogens is 1. The molecule has 1 unspecified atom stereocenters. The first-order valence-corrected chi connectivity index (χ1v) is 6.68. The second kappa shape index (κ2) is 5.45. The zero-order valence-electron chi connectivity index (χ0n) is 11.1. The van der Waals surface area contributed by atoms with Crippen molar-refractivity contribution in [2.45, 2.75) is 6.10 Å². The van der Waals surface area contributed by atoms with Gasteiger partial charge in [0.05, 0.1) is 23.8 Å². The topological polar surface area (TPSA) is 75.2 Å². The van der Waals surface area contributed by atoms with Crippen LogP contribution in [0.15, 0.2) is 30.3 Å². The number of pyridine rings is 1. The van der Waals surface area contributed by atoms with E-state index in [2.05, 4.69) is 16.0 Å². The van der Waals surface area contributed by atoms with Gasteiger partial charge in [0.2, 0.25) is 0 Å².